The summed E-state index contributed by atoms with van der Waals surface area (Å²) in [4.78, 5) is 16.1. The molecule has 1 aromatic heterocycles. The van der Waals surface area contributed by atoms with Crippen LogP contribution in [-0.4, -0.2) is 35.8 Å². The fourth-order valence-corrected chi connectivity index (χ4v) is 3.89. The van der Waals surface area contributed by atoms with Gasteiger partial charge < -0.3 is 14.2 Å². The van der Waals surface area contributed by atoms with E-state index in [1.54, 1.807) is 17.5 Å². The van der Waals surface area contributed by atoms with Gasteiger partial charge in [0.1, 0.15) is 5.75 Å². The van der Waals surface area contributed by atoms with E-state index >= 15 is 0 Å². The highest BCUT2D eigenvalue weighted by atomic mass is 32.1. The second-order valence-electron chi connectivity index (χ2n) is 7.16. The molecular formula is C22H18F2N4O5S. The van der Waals surface area contributed by atoms with Gasteiger partial charge in [-0.2, -0.15) is 13.9 Å². The third-order valence-corrected chi connectivity index (χ3v) is 5.43. The van der Waals surface area contributed by atoms with Crippen LogP contribution < -0.4 is 19.0 Å². The first-order valence-corrected chi connectivity index (χ1v) is 10.7. The van der Waals surface area contributed by atoms with E-state index in [9.17, 15) is 18.9 Å². The largest absolute Gasteiger partial charge is 0.454 e. The van der Waals surface area contributed by atoms with E-state index in [0.29, 0.717) is 28.4 Å². The molecule has 1 aliphatic rings. The van der Waals surface area contributed by atoms with Gasteiger partial charge in [-0.1, -0.05) is 12.2 Å². The van der Waals surface area contributed by atoms with Crippen LogP contribution in [0, 0.1) is 10.1 Å². The van der Waals surface area contributed by atoms with Crippen LogP contribution in [0.2, 0.25) is 0 Å². The third kappa shape index (κ3) is 5.12. The van der Waals surface area contributed by atoms with E-state index in [0.717, 1.165) is 5.57 Å². The molecule has 4 rings (SSSR count). The van der Waals surface area contributed by atoms with Crippen LogP contribution in [0.15, 0.2) is 64.0 Å². The Balaban J connectivity index is 1.77. The predicted molar refractivity (Wildman–Crippen MR) is 122 cm³/mol. The quantitative estimate of drug-likeness (QED) is 0.196. The number of nitro benzene ring substituents is 1. The van der Waals surface area contributed by atoms with Gasteiger partial charge in [0, 0.05) is 10.9 Å². The van der Waals surface area contributed by atoms with Crippen molar-refractivity contribution in [2.75, 3.05) is 13.3 Å². The van der Waals surface area contributed by atoms with Gasteiger partial charge in [0.05, 0.1) is 35.0 Å². The summed E-state index contributed by atoms with van der Waals surface area (Å²) in [5, 5.41) is 17.8. The van der Waals surface area contributed by atoms with E-state index < -0.39 is 11.5 Å². The smallest absolute Gasteiger partial charge is 0.387 e. The number of hydrogen-bond acceptors (Lipinski definition) is 8. The molecule has 0 saturated carbocycles. The Morgan fingerprint density at radius 1 is 1.32 bits per heavy atom. The Hall–Kier alpha value is -4.06. The topological polar surface area (TPSA) is 100 Å². The molecule has 0 N–H and O–H groups in total. The highest BCUT2D eigenvalue weighted by Gasteiger charge is 2.22. The molecule has 0 aliphatic carbocycles. The van der Waals surface area contributed by atoms with Crippen molar-refractivity contribution in [1.29, 1.82) is 0 Å². The molecule has 34 heavy (non-hydrogen) atoms. The van der Waals surface area contributed by atoms with Crippen LogP contribution in [0.5, 0.6) is 17.2 Å². The number of nitrogens with zero attached hydrogens (tertiary/aromatic N) is 4. The lowest BCUT2D eigenvalue weighted by Gasteiger charge is -2.07. The second-order valence-corrected chi connectivity index (χ2v) is 7.99. The summed E-state index contributed by atoms with van der Waals surface area (Å²) in [6, 6.07) is 8.82. The molecule has 0 amide bonds. The molecule has 3 aromatic rings. The van der Waals surface area contributed by atoms with Crippen molar-refractivity contribution in [3.8, 4) is 28.5 Å². The molecule has 0 fully saturated rings. The average molecular weight is 488 g/mol. The molecule has 0 unspecified atom stereocenters. The van der Waals surface area contributed by atoms with Crippen molar-refractivity contribution in [1.82, 2.24) is 4.68 Å². The van der Waals surface area contributed by atoms with Crippen molar-refractivity contribution < 1.29 is 27.9 Å². The van der Waals surface area contributed by atoms with Crippen LogP contribution in [-0.2, 0) is 0 Å². The Morgan fingerprint density at radius 3 is 2.68 bits per heavy atom. The molecule has 176 valence electrons. The number of rotatable bonds is 8. The summed E-state index contributed by atoms with van der Waals surface area (Å²) < 4.78 is 41.4. The molecule has 2 heterocycles. The van der Waals surface area contributed by atoms with E-state index in [2.05, 4.69) is 21.4 Å². The van der Waals surface area contributed by atoms with Gasteiger partial charge in [-0.15, -0.1) is 11.3 Å². The van der Waals surface area contributed by atoms with Crippen molar-refractivity contribution >= 4 is 23.2 Å². The van der Waals surface area contributed by atoms with E-state index in [1.807, 2.05) is 6.92 Å². The first kappa shape index (κ1) is 23.1. The van der Waals surface area contributed by atoms with Crippen molar-refractivity contribution in [2.45, 2.75) is 13.5 Å². The van der Waals surface area contributed by atoms with Crippen molar-refractivity contribution in [2.24, 2.45) is 10.1 Å². The summed E-state index contributed by atoms with van der Waals surface area (Å²) in [5.74, 6) is 0.688. The molecule has 0 saturated heterocycles. The zero-order valence-electron chi connectivity index (χ0n) is 17.8. The highest BCUT2D eigenvalue weighted by Crippen LogP contribution is 2.37. The normalized spacial score (nSPS) is 13.1. The minimum Gasteiger partial charge on any atom is -0.454 e. The summed E-state index contributed by atoms with van der Waals surface area (Å²) >= 11 is 1.31. The maximum atomic E-state index is 12.5. The number of halogens is 2. The fraction of sp³-hybridized carbons (Fsp3) is 0.182. The number of benzene rings is 2. The summed E-state index contributed by atoms with van der Waals surface area (Å²) in [7, 11) is 0. The molecule has 1 aliphatic heterocycles. The second kappa shape index (κ2) is 9.83. The fourth-order valence-electron chi connectivity index (χ4n) is 3.06. The first-order chi connectivity index (χ1) is 16.3. The molecule has 12 heteroatoms. The molecule has 0 bridgehead atoms. The minimum absolute atomic E-state index is 0.0206. The van der Waals surface area contributed by atoms with Gasteiger partial charge >= 0.3 is 6.61 Å². The lowest BCUT2D eigenvalue weighted by molar-refractivity contribution is -0.385. The van der Waals surface area contributed by atoms with Crippen LogP contribution in [0.4, 0.5) is 14.5 Å². The lowest BCUT2D eigenvalue weighted by atomic mass is 10.1. The SMILES string of the molecule is C=C(C)CN=c1scc(-c2ccc(OC(F)F)cc2)n1/N=C/c1cc2c(cc1[N+](=O)[O-])OCO2. The number of hydrogen-bond donors (Lipinski definition) is 0. The van der Waals surface area contributed by atoms with E-state index in [4.69, 9.17) is 9.47 Å². The molecular weight excluding hydrogens is 470 g/mol. The predicted octanol–water partition coefficient (Wildman–Crippen LogP) is 4.81. The number of fused-ring (bicyclic) bond motifs is 1. The average Bonchev–Trinajstić information content (AvgIpc) is 3.41. The van der Waals surface area contributed by atoms with Gasteiger partial charge in [0.25, 0.3) is 5.69 Å². The molecule has 0 radical (unpaired) electrons. The maximum absolute atomic E-state index is 12.5. The van der Waals surface area contributed by atoms with Crippen LogP contribution in [0.1, 0.15) is 12.5 Å². The maximum Gasteiger partial charge on any atom is 0.387 e. The summed E-state index contributed by atoms with van der Waals surface area (Å²) in [5.41, 5.74) is 2.12. The van der Waals surface area contributed by atoms with E-state index in [1.165, 1.54) is 46.5 Å². The van der Waals surface area contributed by atoms with Crippen LogP contribution in [0.25, 0.3) is 11.3 Å². The Morgan fingerprint density at radius 2 is 2.03 bits per heavy atom. The Kier molecular flexibility index (Phi) is 6.68. The number of nitro groups is 1. The molecule has 9 nitrogen and oxygen atoms in total. The Labute approximate surface area is 196 Å². The van der Waals surface area contributed by atoms with Crippen molar-refractivity contribution in [3.05, 3.63) is 74.4 Å². The number of alkyl halides is 2. The summed E-state index contributed by atoms with van der Waals surface area (Å²) in [6.45, 7) is 3.10. The van der Waals surface area contributed by atoms with Gasteiger partial charge in [-0.25, -0.2) is 4.68 Å². The highest BCUT2D eigenvalue weighted by molar-refractivity contribution is 7.07. The number of thiazole rings is 1. The molecule has 0 spiro atoms. The number of ether oxygens (including phenoxy) is 3. The van der Waals surface area contributed by atoms with Crippen molar-refractivity contribution in [3.63, 3.8) is 0 Å². The van der Waals surface area contributed by atoms with Crippen LogP contribution >= 0.6 is 11.3 Å². The first-order valence-electron chi connectivity index (χ1n) is 9.85. The van der Waals surface area contributed by atoms with Gasteiger partial charge in [0.15, 0.2) is 11.5 Å². The molecule has 2 aromatic carbocycles. The van der Waals surface area contributed by atoms with Gasteiger partial charge in [0.2, 0.25) is 11.6 Å². The van der Waals surface area contributed by atoms with Gasteiger partial charge in [-0.05, 0) is 37.3 Å². The van der Waals surface area contributed by atoms with E-state index in [-0.39, 0.29) is 29.5 Å². The van der Waals surface area contributed by atoms with Gasteiger partial charge in [-0.3, -0.25) is 15.1 Å². The standard InChI is InChI=1S/C22H18F2N4O5S/c1-13(2)9-25-22-27(18(11-34-22)14-3-5-16(6-4-14)33-21(23)24)26-10-15-7-19-20(32-12-31-19)8-17(15)28(29)30/h3-8,10-11,21H,1,9,12H2,2H3/b25-22?,26-10+. The zero-order valence-corrected chi connectivity index (χ0v) is 18.6. The zero-order chi connectivity index (χ0) is 24.2. The molecule has 0 atom stereocenters. The monoisotopic (exact) mass is 488 g/mol. The third-order valence-electron chi connectivity index (χ3n) is 4.58. The lowest BCUT2D eigenvalue weighted by Crippen LogP contribution is -2.13. The van der Waals surface area contributed by atoms with Crippen LogP contribution in [0.3, 0.4) is 0 Å². The minimum atomic E-state index is -2.92. The Bertz CT molecular complexity index is 1330. The number of aromatic nitrogens is 1. The summed E-state index contributed by atoms with van der Waals surface area (Å²) in [6.07, 6.45) is 1.34.